The molecule has 2 heterocycles. The second kappa shape index (κ2) is 8.80. The van der Waals surface area contributed by atoms with Crippen LogP contribution in [0, 0.1) is 0 Å². The molecular formula is C20H21NO8. The molecule has 1 aromatic carbocycles. The van der Waals surface area contributed by atoms with Crippen molar-refractivity contribution < 1.29 is 38.1 Å². The lowest BCUT2D eigenvalue weighted by Gasteiger charge is -2.32. The first-order valence-electron chi connectivity index (χ1n) is 8.67. The van der Waals surface area contributed by atoms with Crippen LogP contribution in [0.15, 0.2) is 46.0 Å². The van der Waals surface area contributed by atoms with Crippen molar-refractivity contribution in [2.45, 2.75) is 6.61 Å². The topological polar surface area (TPSA) is 108 Å². The minimum atomic E-state index is -0.710. The van der Waals surface area contributed by atoms with Gasteiger partial charge >= 0.3 is 11.9 Å². The normalized spacial score (nSPS) is 14.0. The average Bonchev–Trinajstić information content (AvgIpc) is 3.26. The summed E-state index contributed by atoms with van der Waals surface area (Å²) >= 11 is 0. The summed E-state index contributed by atoms with van der Waals surface area (Å²) in [6, 6.07) is 8.50. The fourth-order valence-corrected chi connectivity index (χ4v) is 3.01. The number of furan rings is 1. The minimum Gasteiger partial charge on any atom is -0.497 e. The van der Waals surface area contributed by atoms with Gasteiger partial charge in [-0.3, -0.25) is 0 Å². The first-order valence-corrected chi connectivity index (χ1v) is 8.67. The minimum absolute atomic E-state index is 0.00837. The van der Waals surface area contributed by atoms with Crippen LogP contribution in [0.3, 0.4) is 0 Å². The van der Waals surface area contributed by atoms with E-state index in [1.165, 1.54) is 26.2 Å². The number of anilines is 1. The summed E-state index contributed by atoms with van der Waals surface area (Å²) < 4.78 is 26.2. The lowest BCUT2D eigenvalue weighted by atomic mass is 10.1. The summed E-state index contributed by atoms with van der Waals surface area (Å²) in [6.45, 7) is -0.362. The van der Waals surface area contributed by atoms with Gasteiger partial charge in [-0.15, -0.1) is 0 Å². The van der Waals surface area contributed by atoms with Gasteiger partial charge < -0.3 is 33.4 Å². The van der Waals surface area contributed by atoms with Crippen molar-refractivity contribution in [1.29, 1.82) is 0 Å². The maximum atomic E-state index is 12.6. The predicted octanol–water partition coefficient (Wildman–Crippen LogP) is 1.84. The molecule has 0 radical (unpaired) electrons. The number of carbonyl (C=O) groups excluding carboxylic acids is 2. The van der Waals surface area contributed by atoms with Gasteiger partial charge in [0, 0.05) is 11.6 Å². The first-order chi connectivity index (χ1) is 14.0. The Morgan fingerprint density at radius 3 is 2.48 bits per heavy atom. The SMILES string of the molecule is COC(=O)C1=C(C(=O)OC)N(c2cc(OC)ccc2-c2ccc(CO)o2)COC1. The number of carbonyl (C=O) groups is 2. The number of methoxy groups -OCH3 is 3. The Hall–Kier alpha value is -3.30. The van der Waals surface area contributed by atoms with Gasteiger partial charge in [-0.25, -0.2) is 9.59 Å². The van der Waals surface area contributed by atoms with Crippen LogP contribution >= 0.6 is 0 Å². The molecule has 0 spiro atoms. The molecule has 0 amide bonds. The molecule has 9 heteroatoms. The average molecular weight is 403 g/mol. The number of aliphatic hydroxyl groups is 1. The fourth-order valence-electron chi connectivity index (χ4n) is 3.01. The van der Waals surface area contributed by atoms with Gasteiger partial charge in [-0.1, -0.05) is 0 Å². The van der Waals surface area contributed by atoms with Crippen LogP contribution in [0.2, 0.25) is 0 Å². The van der Waals surface area contributed by atoms with Crippen LogP contribution < -0.4 is 9.64 Å². The van der Waals surface area contributed by atoms with Crippen LogP contribution in [-0.2, 0) is 30.4 Å². The third-order valence-corrected chi connectivity index (χ3v) is 4.41. The van der Waals surface area contributed by atoms with Crippen molar-refractivity contribution in [3.63, 3.8) is 0 Å². The van der Waals surface area contributed by atoms with Crippen LogP contribution in [-0.4, -0.2) is 51.7 Å². The zero-order chi connectivity index (χ0) is 21.0. The van der Waals surface area contributed by atoms with E-state index in [1.807, 2.05) is 0 Å². The van der Waals surface area contributed by atoms with E-state index in [2.05, 4.69) is 0 Å². The molecule has 2 aromatic rings. The van der Waals surface area contributed by atoms with Crippen LogP contribution in [0.25, 0.3) is 11.3 Å². The standard InChI is InChI=1S/C20H21NO8/c1-25-12-4-6-14(17-7-5-13(9-22)29-17)16(8-12)21-11-28-10-15(19(23)26-2)18(21)20(24)27-3/h4-8,22H,9-11H2,1-3H3. The highest BCUT2D eigenvalue weighted by Crippen LogP contribution is 2.38. The molecule has 0 unspecified atom stereocenters. The monoisotopic (exact) mass is 403 g/mol. The molecular weight excluding hydrogens is 382 g/mol. The Bertz CT molecular complexity index is 946. The molecule has 29 heavy (non-hydrogen) atoms. The number of aliphatic hydroxyl groups excluding tert-OH is 1. The van der Waals surface area contributed by atoms with E-state index in [0.717, 1.165) is 0 Å². The molecule has 1 aliphatic rings. The van der Waals surface area contributed by atoms with Crippen molar-refractivity contribution >= 4 is 17.6 Å². The van der Waals surface area contributed by atoms with E-state index in [4.69, 9.17) is 23.4 Å². The lowest BCUT2D eigenvalue weighted by Crippen LogP contribution is -2.39. The molecule has 0 bridgehead atoms. The van der Waals surface area contributed by atoms with Crippen LogP contribution in [0.5, 0.6) is 5.75 Å². The Morgan fingerprint density at radius 1 is 1.10 bits per heavy atom. The second-order valence-electron chi connectivity index (χ2n) is 6.02. The molecule has 0 fully saturated rings. The number of rotatable bonds is 6. The maximum Gasteiger partial charge on any atom is 0.355 e. The number of benzene rings is 1. The van der Waals surface area contributed by atoms with Gasteiger partial charge in [-0.2, -0.15) is 0 Å². The second-order valence-corrected chi connectivity index (χ2v) is 6.02. The van der Waals surface area contributed by atoms with Gasteiger partial charge in [0.15, 0.2) is 0 Å². The van der Waals surface area contributed by atoms with Crippen molar-refractivity contribution in [3.05, 3.63) is 47.4 Å². The van der Waals surface area contributed by atoms with Crippen molar-refractivity contribution in [2.24, 2.45) is 0 Å². The predicted molar refractivity (Wildman–Crippen MR) is 101 cm³/mol. The van der Waals surface area contributed by atoms with Gasteiger partial charge in [0.1, 0.15) is 36.3 Å². The molecule has 0 saturated carbocycles. The van der Waals surface area contributed by atoms with E-state index >= 15 is 0 Å². The highest BCUT2D eigenvalue weighted by Gasteiger charge is 2.34. The summed E-state index contributed by atoms with van der Waals surface area (Å²) in [5.41, 5.74) is 1.13. The van der Waals surface area contributed by atoms with E-state index in [0.29, 0.717) is 28.5 Å². The van der Waals surface area contributed by atoms with E-state index in [-0.39, 0.29) is 31.2 Å². The smallest absolute Gasteiger partial charge is 0.355 e. The Morgan fingerprint density at radius 2 is 1.86 bits per heavy atom. The van der Waals surface area contributed by atoms with Crippen molar-refractivity contribution in [1.82, 2.24) is 0 Å². The molecule has 9 nitrogen and oxygen atoms in total. The third kappa shape index (κ3) is 3.96. The molecule has 1 aliphatic heterocycles. The van der Waals surface area contributed by atoms with E-state index in [1.54, 1.807) is 30.3 Å². The summed E-state index contributed by atoms with van der Waals surface area (Å²) in [5.74, 6) is -0.0399. The largest absolute Gasteiger partial charge is 0.497 e. The molecule has 0 saturated heterocycles. The molecule has 3 rings (SSSR count). The third-order valence-electron chi connectivity index (χ3n) is 4.41. The Labute approximate surface area is 167 Å². The molecule has 0 atom stereocenters. The van der Waals surface area contributed by atoms with E-state index < -0.39 is 11.9 Å². The van der Waals surface area contributed by atoms with E-state index in [9.17, 15) is 14.7 Å². The first kappa shape index (κ1) is 20.4. The number of hydrogen-bond acceptors (Lipinski definition) is 9. The Balaban J connectivity index is 2.21. The lowest BCUT2D eigenvalue weighted by molar-refractivity contribution is -0.140. The summed E-state index contributed by atoms with van der Waals surface area (Å²) in [5, 5.41) is 9.30. The molecule has 1 N–H and O–H groups in total. The van der Waals surface area contributed by atoms with Crippen molar-refractivity contribution in [3.8, 4) is 17.1 Å². The van der Waals surface area contributed by atoms with Gasteiger partial charge in [0.25, 0.3) is 0 Å². The highest BCUT2D eigenvalue weighted by atomic mass is 16.5. The van der Waals surface area contributed by atoms with Crippen LogP contribution in [0.1, 0.15) is 5.76 Å². The zero-order valence-corrected chi connectivity index (χ0v) is 16.3. The molecule has 0 aliphatic carbocycles. The molecule has 154 valence electrons. The number of esters is 2. The number of nitrogens with zero attached hydrogens (tertiary/aromatic N) is 1. The summed E-state index contributed by atoms with van der Waals surface area (Å²) in [6.07, 6.45) is 0. The Kier molecular flexibility index (Phi) is 6.20. The highest BCUT2D eigenvalue weighted by molar-refractivity contribution is 6.04. The summed E-state index contributed by atoms with van der Waals surface area (Å²) in [4.78, 5) is 26.3. The zero-order valence-electron chi connectivity index (χ0n) is 16.3. The maximum absolute atomic E-state index is 12.6. The van der Waals surface area contributed by atoms with Gasteiger partial charge in [-0.05, 0) is 24.3 Å². The van der Waals surface area contributed by atoms with Gasteiger partial charge in [0.2, 0.25) is 0 Å². The van der Waals surface area contributed by atoms with Crippen molar-refractivity contribution in [2.75, 3.05) is 39.6 Å². The summed E-state index contributed by atoms with van der Waals surface area (Å²) in [7, 11) is 3.96. The fraction of sp³-hybridized carbons (Fsp3) is 0.300. The molecule has 1 aromatic heterocycles. The number of ether oxygens (including phenoxy) is 4. The van der Waals surface area contributed by atoms with Crippen LogP contribution in [0.4, 0.5) is 5.69 Å². The number of hydrogen-bond donors (Lipinski definition) is 1. The quantitative estimate of drug-likeness (QED) is 0.723. The van der Waals surface area contributed by atoms with Gasteiger partial charge in [0.05, 0.1) is 39.2 Å².